The van der Waals surface area contributed by atoms with Crippen LogP contribution in [0.25, 0.3) is 0 Å². The summed E-state index contributed by atoms with van der Waals surface area (Å²) in [5.74, 6) is 0.555. The molecule has 0 aliphatic carbocycles. The molecule has 0 radical (unpaired) electrons. The van der Waals surface area contributed by atoms with Gasteiger partial charge in [-0.05, 0) is 30.7 Å². The molecule has 0 spiro atoms. The van der Waals surface area contributed by atoms with Crippen LogP contribution in [0.3, 0.4) is 0 Å². The Bertz CT molecular complexity index is 417. The Hall–Kier alpha value is -1.77. The number of furan rings is 1. The van der Waals surface area contributed by atoms with Crippen molar-refractivity contribution in [1.29, 1.82) is 0 Å². The Labute approximate surface area is 87.7 Å². The summed E-state index contributed by atoms with van der Waals surface area (Å²) in [6, 6.07) is 8.67. The molecule has 1 aromatic carbocycles. The third-order valence-electron chi connectivity index (χ3n) is 2.24. The van der Waals surface area contributed by atoms with Crippen molar-refractivity contribution in [2.75, 3.05) is 5.32 Å². The van der Waals surface area contributed by atoms with Gasteiger partial charge in [0, 0.05) is 0 Å². The SMILES string of the molecule is Cc1cccc(F)c1NCc1ccco1. The Balaban J connectivity index is 2.11. The van der Waals surface area contributed by atoms with Crippen molar-refractivity contribution < 1.29 is 8.81 Å². The van der Waals surface area contributed by atoms with Crippen molar-refractivity contribution in [3.63, 3.8) is 0 Å². The lowest BCUT2D eigenvalue weighted by Gasteiger charge is -2.08. The quantitative estimate of drug-likeness (QED) is 0.831. The van der Waals surface area contributed by atoms with Crippen LogP contribution < -0.4 is 5.32 Å². The highest BCUT2D eigenvalue weighted by Gasteiger charge is 2.04. The monoisotopic (exact) mass is 205 g/mol. The summed E-state index contributed by atoms with van der Waals surface area (Å²) >= 11 is 0. The van der Waals surface area contributed by atoms with Gasteiger partial charge in [0.15, 0.2) is 0 Å². The Morgan fingerprint density at radius 3 is 2.80 bits per heavy atom. The maximum absolute atomic E-state index is 13.4. The third-order valence-corrected chi connectivity index (χ3v) is 2.24. The van der Waals surface area contributed by atoms with Crippen LogP contribution in [0.5, 0.6) is 0 Å². The Morgan fingerprint density at radius 1 is 1.27 bits per heavy atom. The first-order valence-electron chi connectivity index (χ1n) is 4.79. The third kappa shape index (κ3) is 2.18. The molecule has 0 aliphatic rings. The lowest BCUT2D eigenvalue weighted by atomic mass is 10.2. The lowest BCUT2D eigenvalue weighted by Crippen LogP contribution is -2.02. The molecular formula is C12H12FNO. The van der Waals surface area contributed by atoms with Gasteiger partial charge in [-0.3, -0.25) is 0 Å². The lowest BCUT2D eigenvalue weighted by molar-refractivity contribution is 0.517. The topological polar surface area (TPSA) is 25.2 Å². The molecular weight excluding hydrogens is 193 g/mol. The van der Waals surface area contributed by atoms with Crippen molar-refractivity contribution in [2.24, 2.45) is 0 Å². The molecule has 15 heavy (non-hydrogen) atoms. The summed E-state index contributed by atoms with van der Waals surface area (Å²) in [4.78, 5) is 0. The van der Waals surface area contributed by atoms with Crippen LogP contribution in [-0.4, -0.2) is 0 Å². The molecule has 0 amide bonds. The summed E-state index contributed by atoms with van der Waals surface area (Å²) in [5.41, 5.74) is 1.43. The zero-order chi connectivity index (χ0) is 10.7. The minimum absolute atomic E-state index is 0.235. The van der Waals surface area contributed by atoms with Crippen molar-refractivity contribution in [1.82, 2.24) is 0 Å². The molecule has 0 aliphatic heterocycles. The fraction of sp³-hybridized carbons (Fsp3) is 0.167. The van der Waals surface area contributed by atoms with Crippen LogP contribution in [0.4, 0.5) is 10.1 Å². The molecule has 0 bridgehead atoms. The van der Waals surface area contributed by atoms with E-state index in [4.69, 9.17) is 4.42 Å². The molecule has 1 aromatic heterocycles. The van der Waals surface area contributed by atoms with Crippen LogP contribution in [0, 0.1) is 12.7 Å². The number of benzene rings is 1. The highest BCUT2D eigenvalue weighted by atomic mass is 19.1. The molecule has 0 saturated carbocycles. The Kier molecular flexibility index (Phi) is 2.72. The fourth-order valence-corrected chi connectivity index (χ4v) is 1.44. The molecule has 0 atom stereocenters. The zero-order valence-corrected chi connectivity index (χ0v) is 8.46. The number of nitrogens with one attached hydrogen (secondary N) is 1. The van der Waals surface area contributed by atoms with Crippen molar-refractivity contribution >= 4 is 5.69 Å². The number of hydrogen-bond donors (Lipinski definition) is 1. The molecule has 0 fully saturated rings. The average molecular weight is 205 g/mol. The minimum Gasteiger partial charge on any atom is -0.467 e. The van der Waals surface area contributed by atoms with E-state index in [1.807, 2.05) is 25.1 Å². The normalized spacial score (nSPS) is 10.3. The van der Waals surface area contributed by atoms with Gasteiger partial charge in [-0.1, -0.05) is 12.1 Å². The first-order valence-corrected chi connectivity index (χ1v) is 4.79. The highest BCUT2D eigenvalue weighted by Crippen LogP contribution is 2.19. The molecule has 1 N–H and O–H groups in total. The first kappa shape index (κ1) is 9.77. The van der Waals surface area contributed by atoms with Crippen LogP contribution in [0.15, 0.2) is 41.0 Å². The van der Waals surface area contributed by atoms with Gasteiger partial charge in [0.1, 0.15) is 11.6 Å². The maximum Gasteiger partial charge on any atom is 0.146 e. The van der Waals surface area contributed by atoms with Gasteiger partial charge in [-0.15, -0.1) is 0 Å². The van der Waals surface area contributed by atoms with E-state index in [0.29, 0.717) is 12.2 Å². The molecule has 2 rings (SSSR count). The molecule has 0 unspecified atom stereocenters. The molecule has 2 aromatic rings. The highest BCUT2D eigenvalue weighted by molar-refractivity contribution is 5.51. The molecule has 3 heteroatoms. The molecule has 2 nitrogen and oxygen atoms in total. The van der Waals surface area contributed by atoms with E-state index in [9.17, 15) is 4.39 Å². The van der Waals surface area contributed by atoms with E-state index in [1.165, 1.54) is 6.07 Å². The standard InChI is InChI=1S/C12H12FNO/c1-9-4-2-6-11(13)12(9)14-8-10-5-3-7-15-10/h2-7,14H,8H2,1H3. The van der Waals surface area contributed by atoms with Gasteiger partial charge in [0.2, 0.25) is 0 Å². The summed E-state index contributed by atoms with van der Waals surface area (Å²) in [6.07, 6.45) is 1.60. The maximum atomic E-state index is 13.4. The molecule has 78 valence electrons. The number of rotatable bonds is 3. The van der Waals surface area contributed by atoms with Crippen LogP contribution in [0.1, 0.15) is 11.3 Å². The van der Waals surface area contributed by atoms with Gasteiger partial charge in [0.25, 0.3) is 0 Å². The average Bonchev–Trinajstić information content (AvgIpc) is 2.70. The predicted molar refractivity (Wildman–Crippen MR) is 57.2 cm³/mol. The smallest absolute Gasteiger partial charge is 0.146 e. The van der Waals surface area contributed by atoms with Crippen LogP contribution in [0.2, 0.25) is 0 Å². The van der Waals surface area contributed by atoms with E-state index in [1.54, 1.807) is 12.3 Å². The van der Waals surface area contributed by atoms with Gasteiger partial charge in [0.05, 0.1) is 18.5 Å². The second kappa shape index (κ2) is 4.17. The van der Waals surface area contributed by atoms with Gasteiger partial charge in [-0.2, -0.15) is 0 Å². The van der Waals surface area contributed by atoms with Gasteiger partial charge in [-0.25, -0.2) is 4.39 Å². The summed E-state index contributed by atoms with van der Waals surface area (Å²) in [5, 5.41) is 3.01. The predicted octanol–water partition coefficient (Wildman–Crippen LogP) is 3.34. The molecule has 0 saturated heterocycles. The largest absolute Gasteiger partial charge is 0.467 e. The number of anilines is 1. The van der Waals surface area contributed by atoms with Crippen LogP contribution >= 0.6 is 0 Å². The van der Waals surface area contributed by atoms with Crippen molar-refractivity contribution in [2.45, 2.75) is 13.5 Å². The first-order chi connectivity index (χ1) is 7.27. The van der Waals surface area contributed by atoms with Gasteiger partial charge < -0.3 is 9.73 Å². The molecule has 1 heterocycles. The van der Waals surface area contributed by atoms with Gasteiger partial charge >= 0.3 is 0 Å². The number of hydrogen-bond acceptors (Lipinski definition) is 2. The number of para-hydroxylation sites is 1. The second-order valence-electron chi connectivity index (χ2n) is 3.36. The van der Waals surface area contributed by atoms with E-state index >= 15 is 0 Å². The van der Waals surface area contributed by atoms with E-state index in [0.717, 1.165) is 11.3 Å². The minimum atomic E-state index is -0.235. The summed E-state index contributed by atoms with van der Waals surface area (Å²) < 4.78 is 18.5. The number of halogens is 1. The number of aryl methyl sites for hydroxylation is 1. The fourth-order valence-electron chi connectivity index (χ4n) is 1.44. The van der Waals surface area contributed by atoms with Crippen molar-refractivity contribution in [3.8, 4) is 0 Å². The summed E-state index contributed by atoms with van der Waals surface area (Å²) in [7, 11) is 0. The summed E-state index contributed by atoms with van der Waals surface area (Å²) in [6.45, 7) is 2.36. The van der Waals surface area contributed by atoms with E-state index in [-0.39, 0.29) is 5.82 Å². The van der Waals surface area contributed by atoms with Crippen molar-refractivity contribution in [3.05, 3.63) is 53.7 Å². The van der Waals surface area contributed by atoms with E-state index < -0.39 is 0 Å². The zero-order valence-electron chi connectivity index (χ0n) is 8.46. The van der Waals surface area contributed by atoms with Crippen LogP contribution in [-0.2, 0) is 6.54 Å². The second-order valence-corrected chi connectivity index (χ2v) is 3.36. The van der Waals surface area contributed by atoms with E-state index in [2.05, 4.69) is 5.32 Å². The Morgan fingerprint density at radius 2 is 2.13 bits per heavy atom.